The van der Waals surface area contributed by atoms with Crippen LogP contribution in [0.3, 0.4) is 0 Å². The van der Waals surface area contributed by atoms with Crippen LogP contribution in [-0.4, -0.2) is 24.6 Å². The molecule has 2 fully saturated rings. The quantitative estimate of drug-likeness (QED) is 0.831. The van der Waals surface area contributed by atoms with Gasteiger partial charge in [0.2, 0.25) is 0 Å². The second kappa shape index (κ2) is 5.88. The SMILES string of the molecule is CCNC1CCCc2nc(N(CC3CC3)CC3CC3)sc21. The molecule has 0 radical (unpaired) electrons. The summed E-state index contributed by atoms with van der Waals surface area (Å²) in [7, 11) is 0. The average Bonchev–Trinajstić information content (AvgIpc) is 3.40. The van der Waals surface area contributed by atoms with Crippen molar-refractivity contribution in [1.82, 2.24) is 10.3 Å². The van der Waals surface area contributed by atoms with Crippen LogP contribution in [0.15, 0.2) is 0 Å². The van der Waals surface area contributed by atoms with Crippen molar-refractivity contribution < 1.29 is 0 Å². The number of fused-ring (bicyclic) bond motifs is 1. The van der Waals surface area contributed by atoms with Crippen LogP contribution in [0.5, 0.6) is 0 Å². The van der Waals surface area contributed by atoms with Gasteiger partial charge in [-0.15, -0.1) is 0 Å². The second-order valence-electron chi connectivity index (χ2n) is 7.10. The van der Waals surface area contributed by atoms with Crippen LogP contribution in [0.1, 0.15) is 62.1 Å². The maximum Gasteiger partial charge on any atom is 0.185 e. The summed E-state index contributed by atoms with van der Waals surface area (Å²) < 4.78 is 0. The molecule has 1 heterocycles. The van der Waals surface area contributed by atoms with Crippen molar-refractivity contribution in [2.45, 2.75) is 57.9 Å². The van der Waals surface area contributed by atoms with Crippen molar-refractivity contribution >= 4 is 16.5 Å². The average molecular weight is 305 g/mol. The standard InChI is InChI=1S/C17H27N3S/c1-2-18-14-4-3-5-15-16(14)21-17(19-15)20(10-12-6-7-12)11-13-8-9-13/h12-14,18H,2-11H2,1H3. The van der Waals surface area contributed by atoms with E-state index in [1.54, 1.807) is 0 Å². The Morgan fingerprint density at radius 3 is 2.48 bits per heavy atom. The van der Waals surface area contributed by atoms with Crippen LogP contribution in [0.25, 0.3) is 0 Å². The highest BCUT2D eigenvalue weighted by Crippen LogP contribution is 2.41. The lowest BCUT2D eigenvalue weighted by Gasteiger charge is -2.22. The van der Waals surface area contributed by atoms with Gasteiger partial charge in [0.15, 0.2) is 5.13 Å². The van der Waals surface area contributed by atoms with Gasteiger partial charge in [-0.2, -0.15) is 0 Å². The number of rotatable bonds is 7. The zero-order valence-electron chi connectivity index (χ0n) is 13.1. The van der Waals surface area contributed by atoms with E-state index in [0.717, 1.165) is 18.4 Å². The third-order valence-electron chi connectivity index (χ3n) is 5.01. The summed E-state index contributed by atoms with van der Waals surface area (Å²) in [6.45, 7) is 5.79. The Balaban J connectivity index is 1.54. The van der Waals surface area contributed by atoms with Gasteiger partial charge in [0.25, 0.3) is 0 Å². The predicted octanol–water partition coefficient (Wildman–Crippen LogP) is 3.76. The predicted molar refractivity (Wildman–Crippen MR) is 89.1 cm³/mol. The Morgan fingerprint density at radius 1 is 1.14 bits per heavy atom. The molecule has 1 aromatic rings. The lowest BCUT2D eigenvalue weighted by atomic mass is 9.98. The van der Waals surface area contributed by atoms with Crippen molar-refractivity contribution in [1.29, 1.82) is 0 Å². The molecule has 0 amide bonds. The van der Waals surface area contributed by atoms with E-state index in [-0.39, 0.29) is 0 Å². The molecular weight excluding hydrogens is 278 g/mol. The normalized spacial score (nSPS) is 24.9. The number of nitrogens with one attached hydrogen (secondary N) is 1. The number of aryl methyl sites for hydroxylation is 1. The molecule has 2 saturated carbocycles. The highest BCUT2D eigenvalue weighted by molar-refractivity contribution is 7.15. The number of hydrogen-bond acceptors (Lipinski definition) is 4. The summed E-state index contributed by atoms with van der Waals surface area (Å²) in [6, 6.07) is 0.564. The fourth-order valence-electron chi connectivity index (χ4n) is 3.44. The number of anilines is 1. The molecule has 1 N–H and O–H groups in total. The van der Waals surface area contributed by atoms with Gasteiger partial charge >= 0.3 is 0 Å². The van der Waals surface area contributed by atoms with Crippen LogP contribution in [0.2, 0.25) is 0 Å². The first-order valence-corrected chi connectivity index (χ1v) is 9.63. The molecule has 0 bridgehead atoms. The van der Waals surface area contributed by atoms with Crippen LogP contribution >= 0.6 is 11.3 Å². The van der Waals surface area contributed by atoms with Gasteiger partial charge in [-0.25, -0.2) is 4.98 Å². The third-order valence-corrected chi connectivity index (χ3v) is 6.28. The Morgan fingerprint density at radius 2 is 1.86 bits per heavy atom. The largest absolute Gasteiger partial charge is 0.348 e. The first-order chi connectivity index (χ1) is 10.3. The van der Waals surface area contributed by atoms with Gasteiger partial charge in [-0.3, -0.25) is 0 Å². The summed E-state index contributed by atoms with van der Waals surface area (Å²) in [5.74, 6) is 1.91. The minimum Gasteiger partial charge on any atom is -0.348 e. The third kappa shape index (κ3) is 3.26. The summed E-state index contributed by atoms with van der Waals surface area (Å²) >= 11 is 1.98. The number of hydrogen-bond donors (Lipinski definition) is 1. The van der Waals surface area contributed by atoms with E-state index >= 15 is 0 Å². The van der Waals surface area contributed by atoms with Gasteiger partial charge in [-0.05, 0) is 63.3 Å². The number of aromatic nitrogens is 1. The van der Waals surface area contributed by atoms with Crippen LogP contribution in [0.4, 0.5) is 5.13 Å². The lowest BCUT2D eigenvalue weighted by molar-refractivity contribution is 0.476. The molecule has 4 rings (SSSR count). The van der Waals surface area contributed by atoms with Gasteiger partial charge in [0.1, 0.15) is 0 Å². The van der Waals surface area contributed by atoms with Crippen molar-refractivity contribution in [3.8, 4) is 0 Å². The van der Waals surface area contributed by atoms with Crippen LogP contribution in [0, 0.1) is 11.8 Å². The molecular formula is C17H27N3S. The monoisotopic (exact) mass is 305 g/mol. The first kappa shape index (κ1) is 14.0. The zero-order chi connectivity index (χ0) is 14.2. The topological polar surface area (TPSA) is 28.2 Å². The van der Waals surface area contributed by atoms with Crippen molar-refractivity contribution in [2.75, 3.05) is 24.5 Å². The Hall–Kier alpha value is -0.610. The molecule has 21 heavy (non-hydrogen) atoms. The Labute approximate surface area is 132 Å². The summed E-state index contributed by atoms with van der Waals surface area (Å²) in [5.41, 5.74) is 1.39. The fraction of sp³-hybridized carbons (Fsp3) is 0.824. The first-order valence-electron chi connectivity index (χ1n) is 8.81. The molecule has 3 aliphatic rings. The molecule has 3 aliphatic carbocycles. The smallest absolute Gasteiger partial charge is 0.185 e. The van der Waals surface area contributed by atoms with Crippen molar-refractivity contribution in [3.63, 3.8) is 0 Å². The molecule has 0 saturated heterocycles. The van der Waals surface area contributed by atoms with Gasteiger partial charge in [0, 0.05) is 24.0 Å². The van der Waals surface area contributed by atoms with Gasteiger partial charge in [0.05, 0.1) is 5.69 Å². The number of nitrogens with zero attached hydrogens (tertiary/aromatic N) is 2. The molecule has 3 nitrogen and oxygen atoms in total. The molecule has 0 aromatic carbocycles. The Bertz CT molecular complexity index is 476. The van der Waals surface area contributed by atoms with Crippen molar-refractivity contribution in [2.24, 2.45) is 11.8 Å². The molecule has 1 aromatic heterocycles. The minimum atomic E-state index is 0.564. The van der Waals surface area contributed by atoms with E-state index in [1.165, 1.54) is 73.7 Å². The van der Waals surface area contributed by atoms with Gasteiger partial charge in [-0.1, -0.05) is 18.3 Å². The maximum atomic E-state index is 5.05. The zero-order valence-corrected chi connectivity index (χ0v) is 13.9. The van der Waals surface area contributed by atoms with E-state index < -0.39 is 0 Å². The molecule has 1 unspecified atom stereocenters. The Kier molecular flexibility index (Phi) is 3.92. The highest BCUT2D eigenvalue weighted by Gasteiger charge is 2.32. The highest BCUT2D eigenvalue weighted by atomic mass is 32.1. The molecule has 4 heteroatoms. The molecule has 1 atom stereocenters. The summed E-state index contributed by atoms with van der Waals surface area (Å²) in [6.07, 6.45) is 9.51. The van der Waals surface area contributed by atoms with E-state index in [2.05, 4.69) is 17.1 Å². The van der Waals surface area contributed by atoms with E-state index in [0.29, 0.717) is 6.04 Å². The number of thiazole rings is 1. The van der Waals surface area contributed by atoms with Gasteiger partial charge < -0.3 is 10.2 Å². The van der Waals surface area contributed by atoms with E-state index in [1.807, 2.05) is 11.3 Å². The molecule has 0 spiro atoms. The summed E-state index contributed by atoms with van der Waals surface area (Å²) in [4.78, 5) is 9.21. The minimum absolute atomic E-state index is 0.564. The maximum absolute atomic E-state index is 5.05. The molecule has 116 valence electrons. The van der Waals surface area contributed by atoms with Crippen LogP contribution in [-0.2, 0) is 6.42 Å². The van der Waals surface area contributed by atoms with Crippen LogP contribution < -0.4 is 10.2 Å². The fourth-order valence-corrected chi connectivity index (χ4v) is 4.68. The van der Waals surface area contributed by atoms with Crippen molar-refractivity contribution in [3.05, 3.63) is 10.6 Å². The lowest BCUT2D eigenvalue weighted by Crippen LogP contribution is -2.27. The molecule has 0 aliphatic heterocycles. The second-order valence-corrected chi connectivity index (χ2v) is 8.11. The summed E-state index contributed by atoms with van der Waals surface area (Å²) in [5, 5.41) is 4.97. The van der Waals surface area contributed by atoms with E-state index in [4.69, 9.17) is 4.98 Å². The van der Waals surface area contributed by atoms with E-state index in [9.17, 15) is 0 Å².